The Labute approximate surface area is 124 Å². The second-order valence-corrected chi connectivity index (χ2v) is 5.69. The number of nitrogens with zero attached hydrogens (tertiary/aromatic N) is 3. The molecule has 1 aromatic rings. The van der Waals surface area contributed by atoms with Gasteiger partial charge in [-0.3, -0.25) is 20.9 Å². The predicted molar refractivity (Wildman–Crippen MR) is 82.9 cm³/mol. The van der Waals surface area contributed by atoms with Crippen LogP contribution in [0.4, 0.5) is 11.4 Å². The van der Waals surface area contributed by atoms with E-state index in [1.807, 2.05) is 0 Å². The topological polar surface area (TPSA) is 87.7 Å². The molecule has 21 heavy (non-hydrogen) atoms. The van der Waals surface area contributed by atoms with E-state index in [0.717, 1.165) is 37.2 Å². The lowest BCUT2D eigenvalue weighted by atomic mass is 10.0. The number of likely N-dealkylation sites (tertiary alicyclic amines) is 1. The lowest BCUT2D eigenvalue weighted by Crippen LogP contribution is -2.41. The summed E-state index contributed by atoms with van der Waals surface area (Å²) in [6.45, 7) is 2.83. The van der Waals surface area contributed by atoms with Crippen molar-refractivity contribution in [1.82, 2.24) is 9.80 Å². The number of hydrogen-bond donors (Lipinski definition) is 2. The number of nitro benzene ring substituents is 1. The molecule has 7 heteroatoms. The molecule has 0 saturated carbocycles. The first-order chi connectivity index (χ1) is 10.0. The van der Waals surface area contributed by atoms with Crippen LogP contribution in [-0.2, 0) is 6.54 Å². The number of anilines is 1. The average Bonchev–Trinajstić information content (AvgIpc) is 2.47. The maximum Gasteiger partial charge on any atom is 0.269 e. The fourth-order valence-corrected chi connectivity index (χ4v) is 2.80. The van der Waals surface area contributed by atoms with Crippen molar-refractivity contribution in [2.75, 3.05) is 32.6 Å². The lowest BCUT2D eigenvalue weighted by molar-refractivity contribution is -0.384. The van der Waals surface area contributed by atoms with E-state index in [9.17, 15) is 10.1 Å². The molecule has 0 bridgehead atoms. The number of non-ortho nitro benzene ring substituents is 1. The number of rotatable bonds is 5. The van der Waals surface area contributed by atoms with Crippen LogP contribution in [0.2, 0.25) is 0 Å². The lowest BCUT2D eigenvalue weighted by Gasteiger charge is -2.35. The molecule has 1 saturated heterocycles. The highest BCUT2D eigenvalue weighted by atomic mass is 16.6. The van der Waals surface area contributed by atoms with Crippen molar-refractivity contribution in [1.29, 1.82) is 0 Å². The Morgan fingerprint density at radius 3 is 2.71 bits per heavy atom. The summed E-state index contributed by atoms with van der Waals surface area (Å²) in [6.07, 6.45) is 2.24. The molecular weight excluding hydrogens is 270 g/mol. The molecule has 0 atom stereocenters. The summed E-state index contributed by atoms with van der Waals surface area (Å²) in [5.41, 5.74) is 4.31. The van der Waals surface area contributed by atoms with Crippen LogP contribution in [0, 0.1) is 10.1 Å². The molecule has 0 unspecified atom stereocenters. The smallest absolute Gasteiger partial charge is 0.269 e. The highest BCUT2D eigenvalue weighted by molar-refractivity contribution is 5.55. The van der Waals surface area contributed by atoms with Gasteiger partial charge < -0.3 is 10.3 Å². The molecule has 2 rings (SSSR count). The number of piperidine rings is 1. The monoisotopic (exact) mass is 293 g/mol. The molecule has 3 N–H and O–H groups in total. The molecule has 116 valence electrons. The maximum absolute atomic E-state index is 10.9. The van der Waals surface area contributed by atoms with Gasteiger partial charge in [-0.2, -0.15) is 0 Å². The van der Waals surface area contributed by atoms with Gasteiger partial charge in [0.05, 0.1) is 10.6 Å². The molecule has 1 heterocycles. The van der Waals surface area contributed by atoms with Gasteiger partial charge in [-0.05, 0) is 51.7 Å². The van der Waals surface area contributed by atoms with Gasteiger partial charge in [0.2, 0.25) is 0 Å². The van der Waals surface area contributed by atoms with Gasteiger partial charge in [-0.15, -0.1) is 0 Å². The van der Waals surface area contributed by atoms with Gasteiger partial charge in [0.1, 0.15) is 0 Å². The zero-order chi connectivity index (χ0) is 15.4. The number of nitrogen functional groups attached to an aromatic ring is 1. The highest BCUT2D eigenvalue weighted by Gasteiger charge is 2.21. The Balaban J connectivity index is 2.10. The number of nitro groups is 1. The zero-order valence-electron chi connectivity index (χ0n) is 12.6. The van der Waals surface area contributed by atoms with Crippen molar-refractivity contribution in [3.63, 3.8) is 0 Å². The molecule has 1 fully saturated rings. The first-order valence-corrected chi connectivity index (χ1v) is 7.14. The standard InChI is InChI=1S/C14H23N5O2/c1-17-7-5-12(6-8-17)18(2)10-11-9-13(19(20)21)3-4-14(11)16-15/h3-4,9,12,16H,5-8,10,15H2,1-2H3. The summed E-state index contributed by atoms with van der Waals surface area (Å²) >= 11 is 0. The minimum atomic E-state index is -0.376. The SMILES string of the molecule is CN1CCC(N(C)Cc2cc([N+](=O)[O-])ccc2NN)CC1. The quantitative estimate of drug-likeness (QED) is 0.485. The molecule has 0 aromatic heterocycles. The minimum Gasteiger partial charge on any atom is -0.324 e. The summed E-state index contributed by atoms with van der Waals surface area (Å²) in [5, 5.41) is 10.9. The van der Waals surface area contributed by atoms with Crippen LogP contribution in [0.1, 0.15) is 18.4 Å². The van der Waals surface area contributed by atoms with E-state index in [0.29, 0.717) is 12.6 Å². The van der Waals surface area contributed by atoms with Gasteiger partial charge in [-0.25, -0.2) is 0 Å². The number of nitrogens with two attached hydrogens (primary N) is 1. The van der Waals surface area contributed by atoms with Crippen LogP contribution in [0.3, 0.4) is 0 Å². The summed E-state index contributed by atoms with van der Waals surface area (Å²) in [7, 11) is 4.20. The van der Waals surface area contributed by atoms with E-state index in [1.165, 1.54) is 6.07 Å². The molecule has 0 radical (unpaired) electrons. The molecule has 0 spiro atoms. The largest absolute Gasteiger partial charge is 0.324 e. The van der Waals surface area contributed by atoms with Crippen molar-refractivity contribution in [3.05, 3.63) is 33.9 Å². The van der Waals surface area contributed by atoms with Crippen molar-refractivity contribution in [2.24, 2.45) is 5.84 Å². The normalized spacial score (nSPS) is 17.1. The van der Waals surface area contributed by atoms with E-state index in [4.69, 9.17) is 5.84 Å². The summed E-state index contributed by atoms with van der Waals surface area (Å²) < 4.78 is 0. The van der Waals surface area contributed by atoms with Gasteiger partial charge in [0, 0.05) is 24.7 Å². The van der Waals surface area contributed by atoms with E-state index in [1.54, 1.807) is 12.1 Å². The Morgan fingerprint density at radius 2 is 2.14 bits per heavy atom. The third kappa shape index (κ3) is 3.90. The van der Waals surface area contributed by atoms with Crippen LogP contribution < -0.4 is 11.3 Å². The van der Waals surface area contributed by atoms with Crippen molar-refractivity contribution < 1.29 is 4.92 Å². The zero-order valence-corrected chi connectivity index (χ0v) is 12.6. The second-order valence-electron chi connectivity index (χ2n) is 5.69. The predicted octanol–water partition coefficient (Wildman–Crippen LogP) is 1.41. The van der Waals surface area contributed by atoms with Gasteiger partial charge in [0.25, 0.3) is 5.69 Å². The van der Waals surface area contributed by atoms with E-state index < -0.39 is 0 Å². The van der Waals surface area contributed by atoms with Gasteiger partial charge in [-0.1, -0.05) is 0 Å². The molecule has 1 aliphatic heterocycles. The maximum atomic E-state index is 10.9. The van der Waals surface area contributed by atoms with Crippen LogP contribution in [0.15, 0.2) is 18.2 Å². The summed E-state index contributed by atoms with van der Waals surface area (Å²) in [4.78, 5) is 15.1. The number of hydrazine groups is 1. The van der Waals surface area contributed by atoms with Crippen LogP contribution in [0.25, 0.3) is 0 Å². The third-order valence-corrected chi connectivity index (χ3v) is 4.19. The molecule has 1 aromatic carbocycles. The van der Waals surface area contributed by atoms with Crippen LogP contribution in [0.5, 0.6) is 0 Å². The van der Waals surface area contributed by atoms with Gasteiger partial charge >= 0.3 is 0 Å². The molecule has 0 aliphatic carbocycles. The molecule has 7 nitrogen and oxygen atoms in total. The summed E-state index contributed by atoms with van der Waals surface area (Å²) in [6, 6.07) is 5.23. The van der Waals surface area contributed by atoms with E-state index in [-0.39, 0.29) is 10.6 Å². The Kier molecular flexibility index (Phi) is 5.11. The van der Waals surface area contributed by atoms with Crippen molar-refractivity contribution in [3.8, 4) is 0 Å². The van der Waals surface area contributed by atoms with Crippen molar-refractivity contribution in [2.45, 2.75) is 25.4 Å². The number of benzene rings is 1. The van der Waals surface area contributed by atoms with Crippen LogP contribution >= 0.6 is 0 Å². The Bertz CT molecular complexity index is 500. The number of nitrogens with one attached hydrogen (secondary N) is 1. The highest BCUT2D eigenvalue weighted by Crippen LogP contribution is 2.24. The van der Waals surface area contributed by atoms with Crippen LogP contribution in [-0.4, -0.2) is 47.9 Å². The summed E-state index contributed by atoms with van der Waals surface area (Å²) in [5.74, 6) is 5.50. The molecule has 0 amide bonds. The van der Waals surface area contributed by atoms with E-state index in [2.05, 4.69) is 29.3 Å². The first-order valence-electron chi connectivity index (χ1n) is 7.14. The molecule has 1 aliphatic rings. The second kappa shape index (κ2) is 6.84. The number of hydrogen-bond acceptors (Lipinski definition) is 6. The first kappa shape index (κ1) is 15.7. The van der Waals surface area contributed by atoms with Crippen molar-refractivity contribution >= 4 is 11.4 Å². The van der Waals surface area contributed by atoms with E-state index >= 15 is 0 Å². The Hall–Kier alpha value is -1.70. The minimum absolute atomic E-state index is 0.0979. The average molecular weight is 293 g/mol. The third-order valence-electron chi connectivity index (χ3n) is 4.19. The molecular formula is C14H23N5O2. The fraction of sp³-hybridized carbons (Fsp3) is 0.571. The van der Waals surface area contributed by atoms with Gasteiger partial charge in [0.15, 0.2) is 0 Å². The Morgan fingerprint density at radius 1 is 1.48 bits per heavy atom. The fourth-order valence-electron chi connectivity index (χ4n) is 2.80.